The van der Waals surface area contributed by atoms with Gasteiger partial charge in [0, 0.05) is 29.7 Å². The van der Waals surface area contributed by atoms with E-state index in [4.69, 9.17) is 11.6 Å². The van der Waals surface area contributed by atoms with Crippen molar-refractivity contribution in [1.29, 1.82) is 0 Å². The monoisotopic (exact) mass is 386 g/mol. The van der Waals surface area contributed by atoms with Crippen molar-refractivity contribution in [1.82, 2.24) is 9.88 Å². The smallest absolute Gasteiger partial charge is 0.113 e. The Morgan fingerprint density at radius 1 is 0.857 bits per heavy atom. The van der Waals surface area contributed by atoms with Gasteiger partial charge in [0.05, 0.1) is 0 Å². The molecule has 0 amide bonds. The van der Waals surface area contributed by atoms with Gasteiger partial charge in [0.15, 0.2) is 0 Å². The van der Waals surface area contributed by atoms with Crippen molar-refractivity contribution in [2.24, 2.45) is 0 Å². The summed E-state index contributed by atoms with van der Waals surface area (Å²) in [7, 11) is 0. The molecule has 140 valence electrons. The highest BCUT2D eigenvalue weighted by Crippen LogP contribution is 2.20. The number of benzene rings is 2. The molecule has 3 aromatic rings. The number of hydrogen-bond acceptors (Lipinski definition) is 2. The Bertz CT molecular complexity index is 960. The molecule has 2 nitrogen and oxygen atoms in total. The van der Waals surface area contributed by atoms with Gasteiger partial charge in [-0.1, -0.05) is 60.0 Å². The zero-order valence-corrected chi connectivity index (χ0v) is 16.6. The third kappa shape index (κ3) is 5.01. The van der Waals surface area contributed by atoms with E-state index in [1.807, 2.05) is 36.5 Å². The number of hydrogen-bond donors (Lipinski definition) is 0. The van der Waals surface area contributed by atoms with Gasteiger partial charge in [-0.2, -0.15) is 0 Å². The quantitative estimate of drug-likeness (QED) is 0.531. The van der Waals surface area contributed by atoms with Crippen LogP contribution in [0.3, 0.4) is 0 Å². The Labute approximate surface area is 172 Å². The van der Waals surface area contributed by atoms with E-state index in [-0.39, 0.29) is 0 Å². The number of halogens is 1. The van der Waals surface area contributed by atoms with Crippen LogP contribution in [-0.4, -0.2) is 23.0 Å². The summed E-state index contributed by atoms with van der Waals surface area (Å²) in [6.07, 6.45) is 5.02. The van der Waals surface area contributed by atoms with Gasteiger partial charge in [-0.3, -0.25) is 4.90 Å². The third-order valence-corrected chi connectivity index (χ3v) is 5.33. The lowest BCUT2D eigenvalue weighted by molar-refractivity contribution is 0.172. The van der Waals surface area contributed by atoms with E-state index in [1.54, 1.807) is 0 Å². The highest BCUT2D eigenvalue weighted by Gasteiger charge is 2.13. The first-order chi connectivity index (χ1) is 13.8. The number of pyridine rings is 1. The van der Waals surface area contributed by atoms with Gasteiger partial charge in [-0.05, 0) is 66.7 Å². The molecule has 2 heterocycles. The summed E-state index contributed by atoms with van der Waals surface area (Å²) in [5, 5.41) is 0.741. The predicted molar refractivity (Wildman–Crippen MR) is 116 cm³/mol. The summed E-state index contributed by atoms with van der Waals surface area (Å²) in [6, 6.07) is 20.8. The first-order valence-electron chi connectivity index (χ1n) is 9.77. The summed E-state index contributed by atoms with van der Waals surface area (Å²) in [5.74, 6) is 6.41. The summed E-state index contributed by atoms with van der Waals surface area (Å²) in [4.78, 5) is 6.94. The van der Waals surface area contributed by atoms with E-state index in [9.17, 15) is 0 Å². The van der Waals surface area contributed by atoms with Gasteiger partial charge in [0.25, 0.3) is 0 Å². The molecular formula is C25H23ClN2. The lowest BCUT2D eigenvalue weighted by atomic mass is 10.1. The zero-order chi connectivity index (χ0) is 19.2. The Balaban J connectivity index is 1.29. The van der Waals surface area contributed by atoms with Gasteiger partial charge in [-0.25, -0.2) is 4.98 Å². The normalized spacial score (nSPS) is 13.5. The molecule has 3 heteroatoms. The molecule has 1 aromatic heterocycles. The van der Waals surface area contributed by atoms with Gasteiger partial charge < -0.3 is 0 Å². The average Bonchev–Trinajstić information content (AvgIpc) is 2.70. The van der Waals surface area contributed by atoms with Gasteiger partial charge in [0.1, 0.15) is 5.69 Å². The molecule has 2 aromatic carbocycles. The Hall–Kier alpha value is -2.60. The first kappa shape index (κ1) is 18.7. The lowest BCUT2D eigenvalue weighted by Crippen LogP contribution is -2.36. The molecule has 1 saturated heterocycles. The van der Waals surface area contributed by atoms with Crippen LogP contribution in [0.15, 0.2) is 66.9 Å². The van der Waals surface area contributed by atoms with E-state index in [2.05, 4.69) is 52.1 Å². The first-order valence-corrected chi connectivity index (χ1v) is 10.2. The van der Waals surface area contributed by atoms with Gasteiger partial charge >= 0.3 is 0 Å². The molecule has 0 unspecified atom stereocenters. The predicted octanol–water partition coefficient (Wildman–Crippen LogP) is 5.59. The minimum absolute atomic E-state index is 0.741. The molecule has 1 aliphatic rings. The van der Waals surface area contributed by atoms with E-state index in [0.29, 0.717) is 0 Å². The average molecular weight is 387 g/mol. The van der Waals surface area contributed by atoms with Crippen molar-refractivity contribution in [3.8, 4) is 23.0 Å². The fourth-order valence-corrected chi connectivity index (χ4v) is 3.38. The van der Waals surface area contributed by atoms with E-state index in [1.165, 1.54) is 30.6 Å². The second-order valence-electron chi connectivity index (χ2n) is 7.19. The van der Waals surface area contributed by atoms with E-state index >= 15 is 0 Å². The Morgan fingerprint density at radius 3 is 2.21 bits per heavy atom. The van der Waals surface area contributed by atoms with Crippen LogP contribution in [-0.2, 0) is 13.0 Å². The molecule has 0 N–H and O–H groups in total. The van der Waals surface area contributed by atoms with Crippen molar-refractivity contribution in [3.05, 3.63) is 88.7 Å². The Kier molecular flexibility index (Phi) is 6.07. The highest BCUT2D eigenvalue weighted by molar-refractivity contribution is 6.30. The Morgan fingerprint density at radius 2 is 1.57 bits per heavy atom. The highest BCUT2D eigenvalue weighted by atomic mass is 35.5. The van der Waals surface area contributed by atoms with Crippen molar-refractivity contribution < 1.29 is 0 Å². The largest absolute Gasteiger partial charge is 0.299 e. The molecule has 1 aliphatic heterocycles. The standard InChI is InChI=1S/C25H23ClN2/c26-24-13-10-22(11-14-24)23-12-15-25(27-18-23)5-2-1-4-20-6-8-21(9-7-20)19-28-16-3-17-28/h6-15,18H,1,3-4,16-17,19H2. The van der Waals surface area contributed by atoms with Crippen LogP contribution >= 0.6 is 11.6 Å². The van der Waals surface area contributed by atoms with Crippen LogP contribution in [0.5, 0.6) is 0 Å². The second-order valence-corrected chi connectivity index (χ2v) is 7.62. The maximum absolute atomic E-state index is 5.94. The number of aryl methyl sites for hydroxylation is 1. The molecule has 4 rings (SSSR count). The molecular weight excluding hydrogens is 364 g/mol. The van der Waals surface area contributed by atoms with E-state index in [0.717, 1.165) is 41.2 Å². The molecule has 0 bridgehead atoms. The minimum Gasteiger partial charge on any atom is -0.299 e. The summed E-state index contributed by atoms with van der Waals surface area (Å²) < 4.78 is 0. The van der Waals surface area contributed by atoms with Crippen molar-refractivity contribution >= 4 is 11.6 Å². The van der Waals surface area contributed by atoms with Gasteiger partial charge in [0.2, 0.25) is 0 Å². The van der Waals surface area contributed by atoms with Crippen LogP contribution in [0.2, 0.25) is 5.02 Å². The SMILES string of the molecule is Clc1ccc(-c2ccc(C#CCCc3ccc(CN4CCC4)cc3)nc2)cc1. The van der Waals surface area contributed by atoms with Crippen LogP contribution in [0.1, 0.15) is 29.7 Å². The maximum atomic E-state index is 5.94. The van der Waals surface area contributed by atoms with Crippen molar-refractivity contribution in [3.63, 3.8) is 0 Å². The molecule has 0 saturated carbocycles. The summed E-state index contributed by atoms with van der Waals surface area (Å²) >= 11 is 5.94. The second kappa shape index (κ2) is 9.06. The van der Waals surface area contributed by atoms with E-state index < -0.39 is 0 Å². The number of rotatable bonds is 5. The summed E-state index contributed by atoms with van der Waals surface area (Å²) in [6.45, 7) is 3.57. The fraction of sp³-hybridized carbons (Fsp3) is 0.240. The van der Waals surface area contributed by atoms with Crippen molar-refractivity contribution in [2.45, 2.75) is 25.8 Å². The van der Waals surface area contributed by atoms with Crippen LogP contribution in [0.4, 0.5) is 0 Å². The topological polar surface area (TPSA) is 16.1 Å². The zero-order valence-electron chi connectivity index (χ0n) is 15.9. The third-order valence-electron chi connectivity index (χ3n) is 5.07. The minimum atomic E-state index is 0.741. The van der Waals surface area contributed by atoms with Crippen LogP contribution in [0.25, 0.3) is 11.1 Å². The number of likely N-dealkylation sites (tertiary alicyclic amines) is 1. The number of aromatic nitrogens is 1. The fourth-order valence-electron chi connectivity index (χ4n) is 3.25. The van der Waals surface area contributed by atoms with Crippen molar-refractivity contribution in [2.75, 3.05) is 13.1 Å². The molecule has 0 atom stereocenters. The molecule has 1 fully saturated rings. The molecule has 0 spiro atoms. The molecule has 0 radical (unpaired) electrons. The molecule has 28 heavy (non-hydrogen) atoms. The van der Waals surface area contributed by atoms with Gasteiger partial charge in [-0.15, -0.1) is 0 Å². The summed E-state index contributed by atoms with van der Waals surface area (Å²) in [5.41, 5.74) is 5.73. The number of nitrogens with zero attached hydrogens (tertiary/aromatic N) is 2. The maximum Gasteiger partial charge on any atom is 0.113 e. The van der Waals surface area contributed by atoms with Crippen LogP contribution < -0.4 is 0 Å². The van der Waals surface area contributed by atoms with Crippen LogP contribution in [0, 0.1) is 11.8 Å². The molecule has 0 aliphatic carbocycles. The lowest BCUT2D eigenvalue weighted by Gasteiger charge is -2.30.